The van der Waals surface area contributed by atoms with Crippen molar-refractivity contribution in [1.82, 2.24) is 10.6 Å². The van der Waals surface area contributed by atoms with E-state index in [9.17, 15) is 14.5 Å². The number of hydrogen-bond donors (Lipinski definition) is 3. The van der Waals surface area contributed by atoms with Gasteiger partial charge in [-0.3, -0.25) is 9.59 Å². The second-order valence-corrected chi connectivity index (χ2v) is 7.79. The van der Waals surface area contributed by atoms with Crippen molar-refractivity contribution in [2.45, 2.75) is 59.4 Å². The molecular weight excluding hydrogens is 338 g/mol. The summed E-state index contributed by atoms with van der Waals surface area (Å²) in [4.78, 5) is 37.8. The van der Waals surface area contributed by atoms with Gasteiger partial charge in [0, 0.05) is 24.8 Å². The first-order valence-corrected chi connectivity index (χ1v) is 8.64. The molecule has 0 aromatic rings. The van der Waals surface area contributed by atoms with Crippen LogP contribution < -0.4 is 10.6 Å². The first-order chi connectivity index (χ1) is 12.0. The summed E-state index contributed by atoms with van der Waals surface area (Å²) in [6, 6.07) is -0.712. The lowest BCUT2D eigenvalue weighted by Gasteiger charge is -2.31. The summed E-state index contributed by atoms with van der Waals surface area (Å²) in [6.07, 6.45) is 7.44. The summed E-state index contributed by atoms with van der Waals surface area (Å²) in [5, 5.41) is 16.4. The highest BCUT2D eigenvalue weighted by Gasteiger charge is 2.27. The average molecular weight is 369 g/mol. The molecule has 0 fully saturated rings. The highest BCUT2D eigenvalue weighted by molar-refractivity contribution is 5.79. The molecule has 26 heavy (non-hydrogen) atoms. The lowest BCUT2D eigenvalue weighted by molar-refractivity contribution is -0.123. The van der Waals surface area contributed by atoms with Crippen LogP contribution in [0.4, 0.5) is 0 Å². The Morgan fingerprint density at radius 1 is 1.23 bits per heavy atom. The second kappa shape index (κ2) is 11.5. The predicted octanol–water partition coefficient (Wildman–Crippen LogP) is 1.52. The molecule has 0 aromatic heterocycles. The molecule has 0 spiro atoms. The minimum absolute atomic E-state index is 0.0598. The Bertz CT molecular complexity index is 511. The maximum absolute atomic E-state index is 11.9. The number of terminal acetylenes is 1. The fourth-order valence-electron chi connectivity index (χ4n) is 2.75. The molecule has 1 atom stereocenters. The van der Waals surface area contributed by atoms with Gasteiger partial charge in [-0.25, -0.2) is 0 Å². The summed E-state index contributed by atoms with van der Waals surface area (Å²) in [5.74, 6) is 2.28. The van der Waals surface area contributed by atoms with E-state index in [1.807, 2.05) is 13.8 Å². The molecule has 0 aliphatic heterocycles. The molecule has 0 aliphatic rings. The standard InChI is InChI=1S/C18H31N3O5/c1-6-17(2,3)13-18(4,5)9-7-15(23)19-10-8-16(24)20-14(11-22)12-26-21-25/h1,14,22H,7-13H2,2-5H3,(H,19,23)(H,20,24). The van der Waals surface area contributed by atoms with Gasteiger partial charge < -0.3 is 20.6 Å². The van der Waals surface area contributed by atoms with Crippen LogP contribution in [0.2, 0.25) is 0 Å². The zero-order chi connectivity index (χ0) is 20.2. The van der Waals surface area contributed by atoms with E-state index in [1.165, 1.54) is 0 Å². The van der Waals surface area contributed by atoms with E-state index in [-0.39, 0.29) is 48.8 Å². The molecule has 0 aromatic carbocycles. The number of aliphatic hydroxyl groups excluding tert-OH is 1. The van der Waals surface area contributed by atoms with Gasteiger partial charge in [0.1, 0.15) is 6.61 Å². The van der Waals surface area contributed by atoms with E-state index in [4.69, 9.17) is 11.5 Å². The van der Waals surface area contributed by atoms with Crippen molar-refractivity contribution in [3.63, 3.8) is 0 Å². The summed E-state index contributed by atoms with van der Waals surface area (Å²) >= 11 is 0. The zero-order valence-corrected chi connectivity index (χ0v) is 16.1. The molecule has 0 heterocycles. The van der Waals surface area contributed by atoms with Crippen molar-refractivity contribution in [3.8, 4) is 12.3 Å². The van der Waals surface area contributed by atoms with Gasteiger partial charge in [0.15, 0.2) is 5.34 Å². The number of nitrogens with one attached hydrogen (secondary N) is 2. The van der Waals surface area contributed by atoms with E-state index in [0.29, 0.717) is 12.8 Å². The van der Waals surface area contributed by atoms with Crippen molar-refractivity contribution in [2.24, 2.45) is 16.2 Å². The fraction of sp³-hybridized carbons (Fsp3) is 0.778. The molecule has 3 N–H and O–H groups in total. The molecule has 1 unspecified atom stereocenters. The van der Waals surface area contributed by atoms with Crippen molar-refractivity contribution in [1.29, 1.82) is 0 Å². The molecule has 2 amide bonds. The van der Waals surface area contributed by atoms with E-state index in [0.717, 1.165) is 6.42 Å². The van der Waals surface area contributed by atoms with Gasteiger partial charge in [-0.05, 0) is 32.1 Å². The largest absolute Gasteiger partial charge is 0.394 e. The molecule has 0 rings (SSSR count). The Morgan fingerprint density at radius 2 is 1.88 bits per heavy atom. The minimum Gasteiger partial charge on any atom is -0.394 e. The van der Waals surface area contributed by atoms with Crippen molar-refractivity contribution in [2.75, 3.05) is 19.8 Å². The van der Waals surface area contributed by atoms with E-state index >= 15 is 0 Å². The topological polar surface area (TPSA) is 117 Å². The quantitative estimate of drug-likeness (QED) is 0.258. The molecule has 8 heteroatoms. The lowest BCUT2D eigenvalue weighted by Crippen LogP contribution is -2.41. The molecule has 148 valence electrons. The highest BCUT2D eigenvalue weighted by atomic mass is 16.7. The Hall–Kier alpha value is -2.14. The van der Waals surface area contributed by atoms with E-state index < -0.39 is 6.04 Å². The number of carbonyl (C=O) groups is 2. The van der Waals surface area contributed by atoms with Gasteiger partial charge in [0.25, 0.3) is 0 Å². The smallest absolute Gasteiger partial charge is 0.222 e. The van der Waals surface area contributed by atoms with Crippen molar-refractivity contribution < 1.29 is 19.5 Å². The maximum Gasteiger partial charge on any atom is 0.222 e. The summed E-state index contributed by atoms with van der Waals surface area (Å²) < 4.78 is 0. The molecule has 0 saturated carbocycles. The fourth-order valence-corrected chi connectivity index (χ4v) is 2.75. The Morgan fingerprint density at radius 3 is 2.42 bits per heavy atom. The Balaban J connectivity index is 4.10. The van der Waals surface area contributed by atoms with Crippen LogP contribution in [0.15, 0.2) is 5.34 Å². The summed E-state index contributed by atoms with van der Waals surface area (Å²) in [6.45, 7) is 7.77. The number of carbonyl (C=O) groups excluding carboxylic acids is 2. The van der Waals surface area contributed by atoms with Crippen LogP contribution in [-0.2, 0) is 14.4 Å². The second-order valence-electron chi connectivity index (χ2n) is 7.79. The first kappa shape index (κ1) is 23.9. The van der Waals surface area contributed by atoms with Crippen LogP contribution >= 0.6 is 0 Å². The van der Waals surface area contributed by atoms with E-state index in [1.54, 1.807) is 0 Å². The monoisotopic (exact) mass is 369 g/mol. The molecule has 0 bridgehead atoms. The van der Waals surface area contributed by atoms with Crippen LogP contribution in [0.5, 0.6) is 0 Å². The van der Waals surface area contributed by atoms with Crippen LogP contribution in [0.25, 0.3) is 0 Å². The van der Waals surface area contributed by atoms with Crippen LogP contribution in [0, 0.1) is 28.1 Å². The number of aliphatic hydroxyl groups is 1. The van der Waals surface area contributed by atoms with Gasteiger partial charge in [-0.2, -0.15) is 0 Å². The first-order valence-electron chi connectivity index (χ1n) is 8.64. The molecule has 8 nitrogen and oxygen atoms in total. The normalized spacial score (nSPS) is 12.6. The van der Waals surface area contributed by atoms with Crippen LogP contribution in [0.3, 0.4) is 0 Å². The molecule has 0 radical (unpaired) electrons. The average Bonchev–Trinajstić information content (AvgIpc) is 2.56. The SMILES string of the molecule is C#CC(C)(C)CC(C)(C)CCC(=O)NCCC(=O)NC(CO)CON=O. The third-order valence-corrected chi connectivity index (χ3v) is 3.93. The third-order valence-electron chi connectivity index (χ3n) is 3.93. The maximum atomic E-state index is 11.9. The van der Waals surface area contributed by atoms with Gasteiger partial charge in [-0.1, -0.05) is 13.8 Å². The van der Waals surface area contributed by atoms with Gasteiger partial charge in [-0.15, -0.1) is 17.3 Å². The Kier molecular flexibility index (Phi) is 10.5. The zero-order valence-electron chi connectivity index (χ0n) is 16.1. The van der Waals surface area contributed by atoms with Crippen LogP contribution in [-0.4, -0.2) is 42.7 Å². The van der Waals surface area contributed by atoms with Gasteiger partial charge in [0.05, 0.1) is 12.6 Å². The predicted molar refractivity (Wildman–Crippen MR) is 98.6 cm³/mol. The summed E-state index contributed by atoms with van der Waals surface area (Å²) in [5.41, 5.74) is -0.282. The van der Waals surface area contributed by atoms with Gasteiger partial charge >= 0.3 is 0 Å². The number of hydrogen-bond acceptors (Lipinski definition) is 6. The number of nitrogens with zero attached hydrogens (tertiary/aromatic N) is 1. The van der Waals surface area contributed by atoms with E-state index in [2.05, 4.69) is 40.6 Å². The lowest BCUT2D eigenvalue weighted by atomic mass is 9.73. The number of amides is 2. The van der Waals surface area contributed by atoms with Crippen molar-refractivity contribution in [3.05, 3.63) is 4.91 Å². The number of rotatable bonds is 13. The van der Waals surface area contributed by atoms with Gasteiger partial charge in [0.2, 0.25) is 11.8 Å². The molecule has 0 saturated heterocycles. The third kappa shape index (κ3) is 11.4. The highest BCUT2D eigenvalue weighted by Crippen LogP contribution is 2.36. The summed E-state index contributed by atoms with van der Waals surface area (Å²) in [7, 11) is 0. The molecular formula is C18H31N3O5. The minimum atomic E-state index is -0.712. The van der Waals surface area contributed by atoms with Crippen molar-refractivity contribution >= 4 is 11.8 Å². The van der Waals surface area contributed by atoms with Crippen LogP contribution in [0.1, 0.15) is 53.4 Å². The molecule has 0 aliphatic carbocycles. The Labute approximate surface area is 155 Å².